The van der Waals surface area contributed by atoms with Gasteiger partial charge in [-0.2, -0.15) is 0 Å². The summed E-state index contributed by atoms with van der Waals surface area (Å²) < 4.78 is 7.32. The topological polar surface area (TPSA) is 29.8 Å². The standard InChI is InChI=1S/C16H23N3O/c1-12(2)18-6-4-13(10-18)8-14-11-19-7-5-15(20-3)9-16(19)17-14/h5,7,9,11-13H,4,6,8,10H2,1-3H3. The Morgan fingerprint density at radius 3 is 3.00 bits per heavy atom. The summed E-state index contributed by atoms with van der Waals surface area (Å²) in [4.78, 5) is 7.28. The Hall–Kier alpha value is -1.55. The van der Waals surface area contributed by atoms with Crippen LogP contribution in [0.4, 0.5) is 0 Å². The summed E-state index contributed by atoms with van der Waals surface area (Å²) in [5.74, 6) is 1.60. The summed E-state index contributed by atoms with van der Waals surface area (Å²) in [5.41, 5.74) is 2.16. The Balaban J connectivity index is 1.72. The molecule has 3 heterocycles. The summed E-state index contributed by atoms with van der Waals surface area (Å²) in [7, 11) is 1.69. The Morgan fingerprint density at radius 2 is 2.30 bits per heavy atom. The van der Waals surface area contributed by atoms with Crippen LogP contribution < -0.4 is 4.74 Å². The van der Waals surface area contributed by atoms with Crippen molar-refractivity contribution in [3.63, 3.8) is 0 Å². The molecule has 1 aliphatic rings. The number of aromatic nitrogens is 2. The highest BCUT2D eigenvalue weighted by atomic mass is 16.5. The first-order valence-electron chi connectivity index (χ1n) is 7.41. The number of hydrogen-bond acceptors (Lipinski definition) is 3. The molecular formula is C16H23N3O. The molecule has 0 N–H and O–H groups in total. The van der Waals surface area contributed by atoms with Crippen molar-refractivity contribution in [1.82, 2.24) is 14.3 Å². The summed E-state index contributed by atoms with van der Waals surface area (Å²) in [6.45, 7) is 6.98. The van der Waals surface area contributed by atoms with Gasteiger partial charge in [0.1, 0.15) is 11.4 Å². The molecule has 0 radical (unpaired) electrons. The van der Waals surface area contributed by atoms with E-state index in [0.717, 1.165) is 23.7 Å². The van der Waals surface area contributed by atoms with Gasteiger partial charge in [-0.25, -0.2) is 4.98 Å². The SMILES string of the molecule is COc1ccn2cc(CC3CCN(C(C)C)C3)nc2c1. The van der Waals surface area contributed by atoms with Crippen molar-refractivity contribution in [1.29, 1.82) is 0 Å². The van der Waals surface area contributed by atoms with Crippen molar-refractivity contribution in [3.05, 3.63) is 30.2 Å². The van der Waals surface area contributed by atoms with Gasteiger partial charge in [0.2, 0.25) is 0 Å². The molecular weight excluding hydrogens is 250 g/mol. The van der Waals surface area contributed by atoms with Crippen molar-refractivity contribution >= 4 is 5.65 Å². The van der Waals surface area contributed by atoms with Crippen LogP contribution in [0.3, 0.4) is 0 Å². The second kappa shape index (κ2) is 5.44. The van der Waals surface area contributed by atoms with E-state index >= 15 is 0 Å². The molecule has 0 bridgehead atoms. The van der Waals surface area contributed by atoms with Gasteiger partial charge in [-0.3, -0.25) is 0 Å². The number of likely N-dealkylation sites (tertiary alicyclic amines) is 1. The maximum absolute atomic E-state index is 5.25. The zero-order valence-corrected chi connectivity index (χ0v) is 12.5. The van der Waals surface area contributed by atoms with Gasteiger partial charge in [0.05, 0.1) is 12.8 Å². The predicted molar refractivity (Wildman–Crippen MR) is 80.3 cm³/mol. The average Bonchev–Trinajstić information content (AvgIpc) is 3.04. The van der Waals surface area contributed by atoms with E-state index in [0.29, 0.717) is 6.04 Å². The Morgan fingerprint density at radius 1 is 1.45 bits per heavy atom. The fraction of sp³-hybridized carbons (Fsp3) is 0.562. The second-order valence-corrected chi connectivity index (χ2v) is 6.01. The second-order valence-electron chi connectivity index (χ2n) is 6.01. The third-order valence-electron chi connectivity index (χ3n) is 4.26. The summed E-state index contributed by atoms with van der Waals surface area (Å²) >= 11 is 0. The first kappa shape index (κ1) is 13.4. The zero-order chi connectivity index (χ0) is 14.1. The monoisotopic (exact) mass is 273 g/mol. The quantitative estimate of drug-likeness (QED) is 0.857. The van der Waals surface area contributed by atoms with Gasteiger partial charge in [-0.1, -0.05) is 0 Å². The maximum atomic E-state index is 5.25. The molecule has 1 saturated heterocycles. The number of ether oxygens (including phenoxy) is 1. The minimum absolute atomic E-state index is 0.658. The number of methoxy groups -OCH3 is 1. The molecule has 4 heteroatoms. The lowest BCUT2D eigenvalue weighted by Gasteiger charge is -2.19. The van der Waals surface area contributed by atoms with E-state index in [1.165, 1.54) is 25.2 Å². The molecule has 2 aromatic heterocycles. The van der Waals surface area contributed by atoms with E-state index < -0.39 is 0 Å². The van der Waals surface area contributed by atoms with Crippen LogP contribution >= 0.6 is 0 Å². The number of nitrogens with zero attached hydrogens (tertiary/aromatic N) is 3. The van der Waals surface area contributed by atoms with Gasteiger partial charge in [-0.05, 0) is 45.2 Å². The van der Waals surface area contributed by atoms with Crippen LogP contribution in [0.5, 0.6) is 5.75 Å². The Bertz CT molecular complexity index is 590. The van der Waals surface area contributed by atoms with Crippen LogP contribution in [-0.2, 0) is 6.42 Å². The lowest BCUT2D eigenvalue weighted by Crippen LogP contribution is -2.28. The fourth-order valence-corrected chi connectivity index (χ4v) is 3.04. The average molecular weight is 273 g/mol. The number of fused-ring (bicyclic) bond motifs is 1. The molecule has 0 aliphatic carbocycles. The molecule has 108 valence electrons. The highest BCUT2D eigenvalue weighted by Gasteiger charge is 2.24. The molecule has 0 saturated carbocycles. The molecule has 2 aromatic rings. The zero-order valence-electron chi connectivity index (χ0n) is 12.5. The summed E-state index contributed by atoms with van der Waals surface area (Å²) in [6, 6.07) is 4.61. The first-order valence-corrected chi connectivity index (χ1v) is 7.41. The lowest BCUT2D eigenvalue weighted by molar-refractivity contribution is 0.265. The number of pyridine rings is 1. The normalized spacial score (nSPS) is 20.1. The van der Waals surface area contributed by atoms with Crippen molar-refractivity contribution in [2.75, 3.05) is 20.2 Å². The predicted octanol–water partition coefficient (Wildman–Crippen LogP) is 2.62. The number of rotatable bonds is 4. The van der Waals surface area contributed by atoms with Gasteiger partial charge < -0.3 is 14.0 Å². The van der Waals surface area contributed by atoms with E-state index in [2.05, 4.69) is 29.3 Å². The van der Waals surface area contributed by atoms with Gasteiger partial charge >= 0.3 is 0 Å². The highest BCUT2D eigenvalue weighted by molar-refractivity contribution is 5.45. The number of hydrogen-bond donors (Lipinski definition) is 0. The molecule has 0 spiro atoms. The third kappa shape index (κ3) is 2.66. The lowest BCUT2D eigenvalue weighted by atomic mass is 10.0. The Labute approximate surface area is 120 Å². The number of imidazole rings is 1. The van der Waals surface area contributed by atoms with Gasteiger partial charge in [0.25, 0.3) is 0 Å². The third-order valence-corrected chi connectivity index (χ3v) is 4.26. The van der Waals surface area contributed by atoms with E-state index in [9.17, 15) is 0 Å². The summed E-state index contributed by atoms with van der Waals surface area (Å²) in [5, 5.41) is 0. The molecule has 3 rings (SSSR count). The van der Waals surface area contributed by atoms with Crippen molar-refractivity contribution in [2.24, 2.45) is 5.92 Å². The van der Waals surface area contributed by atoms with Gasteiger partial charge in [0, 0.05) is 31.0 Å². The molecule has 1 atom stereocenters. The van der Waals surface area contributed by atoms with Crippen molar-refractivity contribution in [3.8, 4) is 5.75 Å². The first-order chi connectivity index (χ1) is 9.65. The molecule has 20 heavy (non-hydrogen) atoms. The van der Waals surface area contributed by atoms with Crippen molar-refractivity contribution in [2.45, 2.75) is 32.7 Å². The van der Waals surface area contributed by atoms with Gasteiger partial charge in [0.15, 0.2) is 0 Å². The molecule has 1 fully saturated rings. The maximum Gasteiger partial charge on any atom is 0.140 e. The van der Waals surface area contributed by atoms with Crippen LogP contribution in [0, 0.1) is 5.92 Å². The van der Waals surface area contributed by atoms with Crippen LogP contribution in [-0.4, -0.2) is 40.5 Å². The molecule has 1 unspecified atom stereocenters. The molecule has 1 aliphatic heterocycles. The van der Waals surface area contributed by atoms with Crippen molar-refractivity contribution < 1.29 is 4.74 Å². The fourth-order valence-electron chi connectivity index (χ4n) is 3.04. The van der Waals surface area contributed by atoms with Crippen LogP contribution in [0.2, 0.25) is 0 Å². The molecule has 4 nitrogen and oxygen atoms in total. The largest absolute Gasteiger partial charge is 0.497 e. The van der Waals surface area contributed by atoms with Crippen LogP contribution in [0.25, 0.3) is 5.65 Å². The molecule has 0 aromatic carbocycles. The van der Waals surface area contributed by atoms with Gasteiger partial charge in [-0.15, -0.1) is 0 Å². The minimum Gasteiger partial charge on any atom is -0.497 e. The van der Waals surface area contributed by atoms with E-state index in [-0.39, 0.29) is 0 Å². The van der Waals surface area contributed by atoms with E-state index in [1.54, 1.807) is 7.11 Å². The molecule has 0 amide bonds. The smallest absolute Gasteiger partial charge is 0.140 e. The van der Waals surface area contributed by atoms with Crippen LogP contribution in [0.15, 0.2) is 24.5 Å². The summed E-state index contributed by atoms with van der Waals surface area (Å²) in [6.07, 6.45) is 6.52. The Kier molecular flexibility index (Phi) is 3.66. The van der Waals surface area contributed by atoms with Crippen LogP contribution in [0.1, 0.15) is 26.0 Å². The van der Waals surface area contributed by atoms with E-state index in [1.807, 2.05) is 18.3 Å². The highest BCUT2D eigenvalue weighted by Crippen LogP contribution is 2.23. The minimum atomic E-state index is 0.658. The van der Waals surface area contributed by atoms with E-state index in [4.69, 9.17) is 9.72 Å².